The lowest BCUT2D eigenvalue weighted by molar-refractivity contribution is -0.125. The van der Waals surface area contributed by atoms with Crippen molar-refractivity contribution >= 4 is 29.1 Å². The van der Waals surface area contributed by atoms with Crippen LogP contribution < -0.4 is 5.32 Å². The Morgan fingerprint density at radius 1 is 1.50 bits per heavy atom. The van der Waals surface area contributed by atoms with Crippen molar-refractivity contribution in [1.29, 1.82) is 0 Å². The van der Waals surface area contributed by atoms with Gasteiger partial charge in [-0.05, 0) is 31.0 Å². The van der Waals surface area contributed by atoms with Gasteiger partial charge >= 0.3 is 0 Å². The molecule has 0 radical (unpaired) electrons. The Balaban J connectivity index is 1.67. The Morgan fingerprint density at radius 3 is 2.77 bits per heavy atom. The van der Waals surface area contributed by atoms with Gasteiger partial charge in [-0.3, -0.25) is 4.79 Å². The highest BCUT2D eigenvalue weighted by molar-refractivity contribution is 6.53. The van der Waals surface area contributed by atoms with Crippen molar-refractivity contribution in [2.75, 3.05) is 0 Å². The molecule has 2 aromatic rings. The van der Waals surface area contributed by atoms with Gasteiger partial charge in [0.05, 0.1) is 17.4 Å². The van der Waals surface area contributed by atoms with Crippen LogP contribution in [-0.2, 0) is 11.3 Å². The molecule has 1 heterocycles. The second-order valence-corrected chi connectivity index (χ2v) is 7.14. The summed E-state index contributed by atoms with van der Waals surface area (Å²) < 4.78 is 14.7. The lowest BCUT2D eigenvalue weighted by Crippen LogP contribution is -2.32. The summed E-state index contributed by atoms with van der Waals surface area (Å²) in [5.74, 6) is -0.608. The molecule has 0 unspecified atom stereocenters. The van der Waals surface area contributed by atoms with E-state index in [9.17, 15) is 9.18 Å². The standard InChI is InChI=1S/C15H14Cl2FN3O/c1-14(8-15(14,16)17)13(22)20-7-10-2-3-12(11(18)6-10)21-5-4-19-9-21/h2-6,9H,7-8H2,1H3,(H,20,22)/t14-/m0/s1. The van der Waals surface area contributed by atoms with Gasteiger partial charge in [0.2, 0.25) is 5.91 Å². The van der Waals surface area contributed by atoms with Crippen LogP contribution in [0.5, 0.6) is 0 Å². The fourth-order valence-electron chi connectivity index (χ4n) is 2.30. The average molecular weight is 342 g/mol. The highest BCUT2D eigenvalue weighted by atomic mass is 35.5. The van der Waals surface area contributed by atoms with Crippen LogP contribution in [0.3, 0.4) is 0 Å². The van der Waals surface area contributed by atoms with Crippen molar-refractivity contribution in [3.05, 3.63) is 48.3 Å². The molecule has 1 amide bonds. The van der Waals surface area contributed by atoms with Crippen LogP contribution in [0.15, 0.2) is 36.9 Å². The second kappa shape index (κ2) is 5.25. The smallest absolute Gasteiger partial charge is 0.229 e. The minimum Gasteiger partial charge on any atom is -0.351 e. The number of rotatable bonds is 4. The molecule has 7 heteroatoms. The predicted molar refractivity (Wildman–Crippen MR) is 82.5 cm³/mol. The normalized spacial score (nSPS) is 22.4. The number of halogens is 3. The number of aromatic nitrogens is 2. The predicted octanol–water partition coefficient (Wildman–Crippen LogP) is 3.21. The number of nitrogens with zero attached hydrogens (tertiary/aromatic N) is 2. The molecule has 0 saturated heterocycles. The van der Waals surface area contributed by atoms with E-state index < -0.39 is 9.75 Å². The fraction of sp³-hybridized carbons (Fsp3) is 0.333. The summed E-state index contributed by atoms with van der Waals surface area (Å²) in [7, 11) is 0. The zero-order valence-corrected chi connectivity index (χ0v) is 13.3. The van der Waals surface area contributed by atoms with Gasteiger partial charge in [0.1, 0.15) is 10.2 Å². The molecule has 1 aromatic heterocycles. The average Bonchev–Trinajstić information content (AvgIpc) is 2.85. The van der Waals surface area contributed by atoms with Crippen LogP contribution in [0.1, 0.15) is 18.9 Å². The molecule has 3 rings (SSSR count). The second-order valence-electron chi connectivity index (χ2n) is 5.65. The minimum atomic E-state index is -1.01. The van der Waals surface area contributed by atoms with Crippen LogP contribution in [-0.4, -0.2) is 19.8 Å². The molecule has 0 bridgehead atoms. The third-order valence-electron chi connectivity index (χ3n) is 4.01. The van der Waals surface area contributed by atoms with Gasteiger partial charge in [-0.2, -0.15) is 0 Å². The summed E-state index contributed by atoms with van der Waals surface area (Å²) in [6.07, 6.45) is 5.18. The van der Waals surface area contributed by atoms with E-state index in [1.807, 2.05) is 0 Å². The summed E-state index contributed by atoms with van der Waals surface area (Å²) in [6, 6.07) is 4.78. The first-order valence-corrected chi connectivity index (χ1v) is 7.52. The first-order chi connectivity index (χ1) is 10.3. The largest absolute Gasteiger partial charge is 0.351 e. The number of amides is 1. The van der Waals surface area contributed by atoms with Crippen LogP contribution in [0.2, 0.25) is 0 Å². The number of imidazole rings is 1. The molecule has 1 aromatic carbocycles. The summed E-state index contributed by atoms with van der Waals surface area (Å²) in [4.78, 5) is 16.0. The van der Waals surface area contributed by atoms with Crippen LogP contribution >= 0.6 is 23.2 Å². The van der Waals surface area contributed by atoms with E-state index in [1.54, 1.807) is 36.0 Å². The quantitative estimate of drug-likeness (QED) is 0.868. The van der Waals surface area contributed by atoms with E-state index in [-0.39, 0.29) is 18.3 Å². The molecule has 1 aliphatic carbocycles. The lowest BCUT2D eigenvalue weighted by atomic mass is 10.1. The Labute approximate surface area is 137 Å². The highest BCUT2D eigenvalue weighted by Crippen LogP contribution is 2.63. The number of alkyl halides is 2. The monoisotopic (exact) mass is 341 g/mol. The minimum absolute atomic E-state index is 0.222. The van der Waals surface area contributed by atoms with Crippen molar-refractivity contribution in [2.24, 2.45) is 5.41 Å². The lowest BCUT2D eigenvalue weighted by Gasteiger charge is -2.13. The zero-order valence-electron chi connectivity index (χ0n) is 11.8. The molecule has 1 aliphatic rings. The summed E-state index contributed by atoms with van der Waals surface area (Å²) >= 11 is 11.9. The molecular weight excluding hydrogens is 328 g/mol. The molecule has 1 atom stereocenters. The molecule has 116 valence electrons. The van der Waals surface area contributed by atoms with Crippen molar-refractivity contribution in [3.8, 4) is 5.69 Å². The molecule has 1 saturated carbocycles. The number of carbonyl (C=O) groups is 1. The number of carbonyl (C=O) groups excluding carboxylic acids is 1. The van der Waals surface area contributed by atoms with Crippen molar-refractivity contribution < 1.29 is 9.18 Å². The molecule has 4 nitrogen and oxygen atoms in total. The number of nitrogens with one attached hydrogen (secondary N) is 1. The fourth-order valence-corrected chi connectivity index (χ4v) is 3.00. The van der Waals surface area contributed by atoms with E-state index in [1.165, 1.54) is 12.4 Å². The molecule has 1 N–H and O–H groups in total. The molecule has 0 aliphatic heterocycles. The highest BCUT2D eigenvalue weighted by Gasteiger charge is 2.67. The summed E-state index contributed by atoms with van der Waals surface area (Å²) in [5, 5.41) is 2.74. The topological polar surface area (TPSA) is 46.9 Å². The third kappa shape index (κ3) is 2.59. The van der Waals surface area contributed by atoms with Gasteiger partial charge in [0.15, 0.2) is 0 Å². The molecule has 22 heavy (non-hydrogen) atoms. The Kier molecular flexibility index (Phi) is 3.65. The molecule has 1 fully saturated rings. The van der Waals surface area contributed by atoms with Gasteiger partial charge in [0.25, 0.3) is 0 Å². The van der Waals surface area contributed by atoms with E-state index in [0.717, 1.165) is 0 Å². The maximum atomic E-state index is 14.1. The van der Waals surface area contributed by atoms with Crippen LogP contribution in [0, 0.1) is 11.2 Å². The van der Waals surface area contributed by atoms with E-state index in [2.05, 4.69) is 10.3 Å². The Hall–Kier alpha value is -1.59. The van der Waals surface area contributed by atoms with Gasteiger partial charge < -0.3 is 9.88 Å². The third-order valence-corrected chi connectivity index (χ3v) is 5.11. The van der Waals surface area contributed by atoms with Gasteiger partial charge in [-0.1, -0.05) is 6.07 Å². The first-order valence-electron chi connectivity index (χ1n) is 6.76. The summed E-state index contributed by atoms with van der Waals surface area (Å²) in [5.41, 5.74) is 0.293. The van der Waals surface area contributed by atoms with E-state index in [4.69, 9.17) is 23.2 Å². The maximum Gasteiger partial charge on any atom is 0.229 e. The zero-order chi connectivity index (χ0) is 16.0. The SMILES string of the molecule is C[C@@]1(C(=O)NCc2ccc(-n3ccnc3)c(F)c2)CC1(Cl)Cl. The van der Waals surface area contributed by atoms with Crippen LogP contribution in [0.4, 0.5) is 4.39 Å². The number of benzene rings is 1. The Morgan fingerprint density at radius 2 is 2.23 bits per heavy atom. The van der Waals surface area contributed by atoms with Crippen LogP contribution in [0.25, 0.3) is 5.69 Å². The van der Waals surface area contributed by atoms with Gasteiger partial charge in [-0.25, -0.2) is 9.37 Å². The number of hydrogen-bond acceptors (Lipinski definition) is 2. The van der Waals surface area contributed by atoms with Crippen molar-refractivity contribution in [2.45, 2.75) is 24.2 Å². The Bertz CT molecular complexity index is 718. The summed E-state index contributed by atoms with van der Waals surface area (Å²) in [6.45, 7) is 1.93. The van der Waals surface area contributed by atoms with Crippen molar-refractivity contribution in [3.63, 3.8) is 0 Å². The van der Waals surface area contributed by atoms with E-state index >= 15 is 0 Å². The van der Waals surface area contributed by atoms with Gasteiger partial charge in [0, 0.05) is 18.9 Å². The number of hydrogen-bond donors (Lipinski definition) is 1. The first kappa shape index (κ1) is 15.3. The molecule has 0 spiro atoms. The molecular formula is C15H14Cl2FN3O. The maximum absolute atomic E-state index is 14.1. The van der Waals surface area contributed by atoms with Crippen molar-refractivity contribution in [1.82, 2.24) is 14.9 Å². The van der Waals surface area contributed by atoms with E-state index in [0.29, 0.717) is 17.7 Å². The van der Waals surface area contributed by atoms with Gasteiger partial charge in [-0.15, -0.1) is 23.2 Å².